The zero-order valence-electron chi connectivity index (χ0n) is 9.97. The van der Waals surface area contributed by atoms with Crippen LogP contribution in [0.15, 0.2) is 21.1 Å². The molecule has 1 fully saturated rings. The molecule has 1 aromatic carbocycles. The molecule has 0 bridgehead atoms. The van der Waals surface area contributed by atoms with Crippen molar-refractivity contribution in [3.8, 4) is 11.5 Å². The number of ether oxygens (including phenoxy) is 2. The topological polar surface area (TPSA) is 72.8 Å². The van der Waals surface area contributed by atoms with Crippen LogP contribution in [-0.4, -0.2) is 44.3 Å². The predicted molar refractivity (Wildman–Crippen MR) is 77.5 cm³/mol. The van der Waals surface area contributed by atoms with Crippen LogP contribution in [0.1, 0.15) is 0 Å². The number of aliphatic hydroxyl groups excluding tert-OH is 1. The van der Waals surface area contributed by atoms with Crippen LogP contribution in [0.2, 0.25) is 0 Å². The lowest BCUT2D eigenvalue weighted by Crippen LogP contribution is -2.29. The highest BCUT2D eigenvalue weighted by Crippen LogP contribution is 2.37. The van der Waals surface area contributed by atoms with Gasteiger partial charge in [-0.1, -0.05) is 0 Å². The van der Waals surface area contributed by atoms with E-state index in [9.17, 15) is 13.5 Å². The smallest absolute Gasteiger partial charge is 0.156 e. The van der Waals surface area contributed by atoms with Crippen LogP contribution in [0.25, 0.3) is 0 Å². The van der Waals surface area contributed by atoms with E-state index in [0.717, 1.165) is 0 Å². The molecule has 1 aliphatic heterocycles. The van der Waals surface area contributed by atoms with Gasteiger partial charge >= 0.3 is 0 Å². The Bertz CT molecular complexity index is 587. The first-order valence-corrected chi connectivity index (χ1v) is 8.81. The third kappa shape index (κ3) is 3.42. The Morgan fingerprint density at radius 2 is 1.79 bits per heavy atom. The molecule has 1 heterocycles. The van der Waals surface area contributed by atoms with Gasteiger partial charge in [0.05, 0.1) is 27.6 Å². The Kier molecular flexibility index (Phi) is 4.44. The summed E-state index contributed by atoms with van der Waals surface area (Å²) in [7, 11) is -1.69. The molecule has 0 radical (unpaired) electrons. The van der Waals surface area contributed by atoms with Gasteiger partial charge in [-0.25, -0.2) is 8.42 Å². The highest BCUT2D eigenvalue weighted by atomic mass is 79.9. The van der Waals surface area contributed by atoms with Gasteiger partial charge in [0.2, 0.25) is 0 Å². The molecule has 2 atom stereocenters. The molecule has 0 saturated carbocycles. The molecule has 1 aromatic rings. The monoisotopic (exact) mass is 414 g/mol. The van der Waals surface area contributed by atoms with E-state index in [-0.39, 0.29) is 11.5 Å². The second-order valence-electron chi connectivity index (χ2n) is 4.22. The standard InChI is InChI=1S/C11H12Br2O5S/c1-17-9-2-7(13)10(3-6(9)12)18-11-5-19(15,16)4-8(11)14/h2-3,8,11,14H,4-5H2,1H3. The van der Waals surface area contributed by atoms with E-state index in [1.165, 1.54) is 0 Å². The van der Waals surface area contributed by atoms with Crippen molar-refractivity contribution >= 4 is 41.7 Å². The normalized spacial score (nSPS) is 25.3. The second kappa shape index (κ2) is 5.59. The van der Waals surface area contributed by atoms with Gasteiger partial charge in [-0.2, -0.15) is 0 Å². The first kappa shape index (κ1) is 15.1. The Labute approximate surface area is 128 Å². The fourth-order valence-electron chi connectivity index (χ4n) is 1.83. The first-order chi connectivity index (χ1) is 8.82. The fraction of sp³-hybridized carbons (Fsp3) is 0.455. The number of halogens is 2. The molecular weight excluding hydrogens is 404 g/mol. The number of sulfone groups is 1. The molecule has 0 aromatic heterocycles. The highest BCUT2D eigenvalue weighted by molar-refractivity contribution is 9.11. The first-order valence-electron chi connectivity index (χ1n) is 5.40. The van der Waals surface area contributed by atoms with E-state index in [1.54, 1.807) is 19.2 Å². The molecule has 1 N–H and O–H groups in total. The largest absolute Gasteiger partial charge is 0.496 e. The lowest BCUT2D eigenvalue weighted by atomic mass is 10.2. The number of benzene rings is 1. The molecule has 106 valence electrons. The van der Waals surface area contributed by atoms with E-state index in [2.05, 4.69) is 31.9 Å². The van der Waals surface area contributed by atoms with Crippen molar-refractivity contribution in [2.24, 2.45) is 0 Å². The van der Waals surface area contributed by atoms with Crippen LogP contribution in [0.3, 0.4) is 0 Å². The van der Waals surface area contributed by atoms with E-state index < -0.39 is 22.0 Å². The number of hydrogen-bond acceptors (Lipinski definition) is 5. The minimum atomic E-state index is -3.23. The van der Waals surface area contributed by atoms with Gasteiger partial charge in [-0.05, 0) is 44.0 Å². The molecule has 0 spiro atoms. The number of methoxy groups -OCH3 is 1. The summed E-state index contributed by atoms with van der Waals surface area (Å²) in [4.78, 5) is 0. The van der Waals surface area contributed by atoms with Gasteiger partial charge < -0.3 is 14.6 Å². The number of aliphatic hydroxyl groups is 1. The fourth-order valence-corrected chi connectivity index (χ4v) is 4.39. The summed E-state index contributed by atoms with van der Waals surface area (Å²) in [6, 6.07) is 3.37. The third-order valence-electron chi connectivity index (χ3n) is 2.76. The summed E-state index contributed by atoms with van der Waals surface area (Å²) in [5.41, 5.74) is 0. The molecule has 0 amide bonds. The van der Waals surface area contributed by atoms with Crippen molar-refractivity contribution in [1.82, 2.24) is 0 Å². The zero-order chi connectivity index (χ0) is 14.2. The van der Waals surface area contributed by atoms with Crippen molar-refractivity contribution in [1.29, 1.82) is 0 Å². The van der Waals surface area contributed by atoms with Crippen molar-refractivity contribution in [3.63, 3.8) is 0 Å². The van der Waals surface area contributed by atoms with Crippen molar-refractivity contribution in [3.05, 3.63) is 21.1 Å². The van der Waals surface area contributed by atoms with Crippen LogP contribution in [0.4, 0.5) is 0 Å². The summed E-state index contributed by atoms with van der Waals surface area (Å²) >= 11 is 6.64. The number of hydrogen-bond donors (Lipinski definition) is 1. The highest BCUT2D eigenvalue weighted by Gasteiger charge is 2.38. The quantitative estimate of drug-likeness (QED) is 0.814. The van der Waals surface area contributed by atoms with Gasteiger partial charge in [0.15, 0.2) is 9.84 Å². The van der Waals surface area contributed by atoms with E-state index in [4.69, 9.17) is 9.47 Å². The van der Waals surface area contributed by atoms with E-state index >= 15 is 0 Å². The molecule has 1 aliphatic rings. The maximum atomic E-state index is 11.4. The Hall–Kier alpha value is -0.310. The van der Waals surface area contributed by atoms with Gasteiger partial charge in [0, 0.05) is 0 Å². The van der Waals surface area contributed by atoms with Crippen LogP contribution < -0.4 is 9.47 Å². The molecular formula is C11H12Br2O5S. The van der Waals surface area contributed by atoms with Crippen molar-refractivity contribution in [2.45, 2.75) is 12.2 Å². The Morgan fingerprint density at radius 3 is 2.32 bits per heavy atom. The summed E-state index contributed by atoms with van der Waals surface area (Å²) in [5, 5.41) is 9.69. The minimum absolute atomic E-state index is 0.176. The molecule has 0 aliphatic carbocycles. The lowest BCUT2D eigenvalue weighted by Gasteiger charge is -2.17. The SMILES string of the molecule is COc1cc(Br)c(OC2CS(=O)(=O)CC2O)cc1Br. The molecule has 19 heavy (non-hydrogen) atoms. The van der Waals surface area contributed by atoms with Crippen LogP contribution in [-0.2, 0) is 9.84 Å². The van der Waals surface area contributed by atoms with Gasteiger partial charge in [-0.15, -0.1) is 0 Å². The van der Waals surface area contributed by atoms with Crippen LogP contribution >= 0.6 is 31.9 Å². The Morgan fingerprint density at radius 1 is 1.21 bits per heavy atom. The van der Waals surface area contributed by atoms with Gasteiger partial charge in [0.25, 0.3) is 0 Å². The summed E-state index contributed by atoms with van der Waals surface area (Å²) in [5.74, 6) is 0.643. The second-order valence-corrected chi connectivity index (χ2v) is 8.08. The van der Waals surface area contributed by atoms with Crippen molar-refractivity contribution in [2.75, 3.05) is 18.6 Å². The van der Waals surface area contributed by atoms with E-state index in [0.29, 0.717) is 20.4 Å². The van der Waals surface area contributed by atoms with Crippen LogP contribution in [0, 0.1) is 0 Å². The minimum Gasteiger partial charge on any atom is -0.496 e. The molecule has 1 saturated heterocycles. The molecule has 2 rings (SSSR count). The molecule has 2 unspecified atom stereocenters. The third-order valence-corrected chi connectivity index (χ3v) is 5.68. The number of rotatable bonds is 3. The summed E-state index contributed by atoms with van der Waals surface area (Å²) in [6.45, 7) is 0. The van der Waals surface area contributed by atoms with Gasteiger partial charge in [0.1, 0.15) is 23.7 Å². The molecule has 8 heteroatoms. The average molecular weight is 416 g/mol. The van der Waals surface area contributed by atoms with Gasteiger partial charge in [-0.3, -0.25) is 0 Å². The average Bonchev–Trinajstić information content (AvgIpc) is 2.56. The Balaban J connectivity index is 2.23. The van der Waals surface area contributed by atoms with Crippen LogP contribution in [0.5, 0.6) is 11.5 Å². The van der Waals surface area contributed by atoms with Crippen molar-refractivity contribution < 1.29 is 23.0 Å². The molecule has 5 nitrogen and oxygen atoms in total. The maximum Gasteiger partial charge on any atom is 0.156 e. The maximum absolute atomic E-state index is 11.4. The summed E-state index contributed by atoms with van der Waals surface area (Å²) in [6.07, 6.45) is -1.75. The summed E-state index contributed by atoms with van der Waals surface area (Å²) < 4.78 is 34.8. The van der Waals surface area contributed by atoms with E-state index in [1.807, 2.05) is 0 Å². The zero-order valence-corrected chi connectivity index (χ0v) is 14.0. The predicted octanol–water partition coefficient (Wildman–Crippen LogP) is 1.76. The lowest BCUT2D eigenvalue weighted by molar-refractivity contribution is 0.0732.